The van der Waals surface area contributed by atoms with Gasteiger partial charge in [-0.3, -0.25) is 0 Å². The number of fused-ring (bicyclic) bond motifs is 1. The fourth-order valence-electron chi connectivity index (χ4n) is 2.94. The Morgan fingerprint density at radius 3 is 2.54 bits per heavy atom. The molecule has 0 aliphatic rings. The molecule has 26 heavy (non-hydrogen) atoms. The highest BCUT2D eigenvalue weighted by atomic mass is 16.5. The van der Waals surface area contributed by atoms with Crippen LogP contribution < -0.4 is 9.47 Å². The Balaban J connectivity index is 2.22. The van der Waals surface area contributed by atoms with E-state index < -0.39 is 0 Å². The van der Waals surface area contributed by atoms with Crippen LogP contribution in [-0.4, -0.2) is 31.0 Å². The molecule has 0 unspecified atom stereocenters. The smallest absolute Gasteiger partial charge is 0.178 e. The summed E-state index contributed by atoms with van der Waals surface area (Å²) in [5.41, 5.74) is 2.44. The van der Waals surface area contributed by atoms with E-state index in [1.54, 1.807) is 19.2 Å². The molecular weight excluding hydrogens is 334 g/mol. The van der Waals surface area contributed by atoms with Crippen molar-refractivity contribution >= 4 is 11.0 Å². The van der Waals surface area contributed by atoms with Gasteiger partial charge in [0.25, 0.3) is 0 Å². The average Bonchev–Trinajstić information content (AvgIpc) is 3.04. The van der Waals surface area contributed by atoms with Crippen LogP contribution in [0, 0.1) is 11.3 Å². The quantitative estimate of drug-likeness (QED) is 0.703. The first-order valence-electron chi connectivity index (χ1n) is 8.14. The Kier molecular flexibility index (Phi) is 5.01. The third-order valence-corrected chi connectivity index (χ3v) is 4.21. The minimum atomic E-state index is 0.00902. The van der Waals surface area contributed by atoms with E-state index in [2.05, 4.69) is 6.07 Å². The third kappa shape index (κ3) is 3.05. The van der Waals surface area contributed by atoms with Crippen LogP contribution in [-0.2, 0) is 6.42 Å². The molecular formula is C20H19NO5. The van der Waals surface area contributed by atoms with E-state index in [0.717, 1.165) is 5.56 Å². The molecule has 0 amide bonds. The van der Waals surface area contributed by atoms with Crippen LogP contribution in [0.4, 0.5) is 0 Å². The van der Waals surface area contributed by atoms with Crippen LogP contribution in [0.5, 0.6) is 17.2 Å². The van der Waals surface area contributed by atoms with E-state index in [1.807, 2.05) is 12.1 Å². The first-order chi connectivity index (χ1) is 12.6. The van der Waals surface area contributed by atoms with Crippen LogP contribution in [0.3, 0.4) is 0 Å². The van der Waals surface area contributed by atoms with Crippen molar-refractivity contribution in [3.05, 3.63) is 41.5 Å². The van der Waals surface area contributed by atoms with Crippen LogP contribution in [0.1, 0.15) is 17.5 Å². The molecule has 0 aliphatic carbocycles. The number of phenols is 1. The number of furan rings is 1. The van der Waals surface area contributed by atoms with Gasteiger partial charge in [0.2, 0.25) is 0 Å². The lowest BCUT2D eigenvalue weighted by Crippen LogP contribution is -1.92. The molecule has 0 radical (unpaired) electrons. The SMILES string of the molecule is COc1cc(-c2oc3c(OC)cc(CCCO)cc3c2C#N)ccc1O. The number of phenolic OH excluding ortho intramolecular Hbond substituents is 1. The van der Waals surface area contributed by atoms with Gasteiger partial charge in [0, 0.05) is 17.6 Å². The summed E-state index contributed by atoms with van der Waals surface area (Å²) in [7, 11) is 3.00. The molecule has 0 bridgehead atoms. The molecule has 1 heterocycles. The molecule has 0 aliphatic heterocycles. The maximum atomic E-state index is 9.79. The van der Waals surface area contributed by atoms with Crippen molar-refractivity contribution in [2.75, 3.05) is 20.8 Å². The predicted octanol–water partition coefficient (Wildman–Crippen LogP) is 3.62. The van der Waals surface area contributed by atoms with Crippen LogP contribution in [0.15, 0.2) is 34.7 Å². The summed E-state index contributed by atoms with van der Waals surface area (Å²) in [5, 5.41) is 29.2. The Bertz CT molecular complexity index is 984. The molecule has 0 saturated heterocycles. The normalized spacial score (nSPS) is 10.7. The second-order valence-corrected chi connectivity index (χ2v) is 5.81. The number of aromatic hydroxyl groups is 1. The average molecular weight is 353 g/mol. The highest BCUT2D eigenvalue weighted by molar-refractivity contribution is 5.95. The Hall–Kier alpha value is -3.17. The Morgan fingerprint density at radius 1 is 1.12 bits per heavy atom. The molecule has 0 spiro atoms. The number of nitrogens with zero attached hydrogens (tertiary/aromatic N) is 1. The standard InChI is InChI=1S/C20H19NO5/c1-24-17-10-13(5-6-16(17)23)19-15(11-21)14-8-12(4-3-7-22)9-18(25-2)20(14)26-19/h5-6,8-10,22-23H,3-4,7H2,1-2H3. The Morgan fingerprint density at radius 2 is 1.88 bits per heavy atom. The second kappa shape index (κ2) is 7.38. The summed E-state index contributed by atoms with van der Waals surface area (Å²) in [6.45, 7) is 0.0927. The zero-order chi connectivity index (χ0) is 18.7. The van der Waals surface area contributed by atoms with E-state index >= 15 is 0 Å². The summed E-state index contributed by atoms with van der Waals surface area (Å²) >= 11 is 0. The number of ether oxygens (including phenoxy) is 2. The van der Waals surface area contributed by atoms with Crippen molar-refractivity contribution in [3.8, 4) is 34.6 Å². The summed E-state index contributed by atoms with van der Waals surface area (Å²) in [5.74, 6) is 1.22. The number of nitriles is 1. The van der Waals surface area contributed by atoms with Gasteiger partial charge in [0.15, 0.2) is 28.6 Å². The predicted molar refractivity (Wildman–Crippen MR) is 96.5 cm³/mol. The summed E-state index contributed by atoms with van der Waals surface area (Å²) in [4.78, 5) is 0. The van der Waals surface area contributed by atoms with Gasteiger partial charge in [-0.05, 0) is 48.7 Å². The van der Waals surface area contributed by atoms with Gasteiger partial charge in [0.1, 0.15) is 11.6 Å². The maximum Gasteiger partial charge on any atom is 0.178 e. The molecule has 0 fully saturated rings. The lowest BCUT2D eigenvalue weighted by atomic mass is 10.0. The molecule has 6 nitrogen and oxygen atoms in total. The van der Waals surface area contributed by atoms with Crippen LogP contribution in [0.2, 0.25) is 0 Å². The summed E-state index contributed by atoms with van der Waals surface area (Å²) in [6.07, 6.45) is 1.29. The summed E-state index contributed by atoms with van der Waals surface area (Å²) in [6, 6.07) is 10.7. The largest absolute Gasteiger partial charge is 0.504 e. The number of aliphatic hydroxyl groups is 1. The van der Waals surface area contributed by atoms with Crippen molar-refractivity contribution in [2.45, 2.75) is 12.8 Å². The van der Waals surface area contributed by atoms with Crippen molar-refractivity contribution in [3.63, 3.8) is 0 Å². The lowest BCUT2D eigenvalue weighted by Gasteiger charge is -2.05. The zero-order valence-electron chi connectivity index (χ0n) is 14.6. The molecule has 0 atom stereocenters. The van der Waals surface area contributed by atoms with Crippen LogP contribution >= 0.6 is 0 Å². The molecule has 1 aromatic heterocycles. The van der Waals surface area contributed by atoms with E-state index in [4.69, 9.17) is 19.0 Å². The fraction of sp³-hybridized carbons (Fsp3) is 0.250. The van der Waals surface area contributed by atoms with E-state index in [9.17, 15) is 10.4 Å². The number of hydrogen-bond donors (Lipinski definition) is 2. The zero-order valence-corrected chi connectivity index (χ0v) is 14.6. The monoisotopic (exact) mass is 353 g/mol. The molecule has 2 N–H and O–H groups in total. The minimum absolute atomic E-state index is 0.00902. The molecule has 0 saturated carbocycles. The van der Waals surface area contributed by atoms with Gasteiger partial charge < -0.3 is 24.1 Å². The molecule has 2 aromatic carbocycles. The van der Waals surface area contributed by atoms with Gasteiger partial charge in [0.05, 0.1) is 14.2 Å². The second-order valence-electron chi connectivity index (χ2n) is 5.81. The van der Waals surface area contributed by atoms with Gasteiger partial charge in [-0.15, -0.1) is 0 Å². The number of aryl methyl sites for hydroxylation is 1. The highest BCUT2D eigenvalue weighted by Crippen LogP contribution is 2.40. The van der Waals surface area contributed by atoms with E-state index in [1.165, 1.54) is 13.2 Å². The van der Waals surface area contributed by atoms with Crippen molar-refractivity contribution in [2.24, 2.45) is 0 Å². The third-order valence-electron chi connectivity index (χ3n) is 4.21. The number of methoxy groups -OCH3 is 2. The van der Waals surface area contributed by atoms with Crippen molar-refractivity contribution < 1.29 is 24.1 Å². The first kappa shape index (κ1) is 17.6. The number of hydrogen-bond acceptors (Lipinski definition) is 6. The van der Waals surface area contributed by atoms with E-state index in [0.29, 0.717) is 52.2 Å². The van der Waals surface area contributed by atoms with Gasteiger partial charge in [-0.2, -0.15) is 5.26 Å². The number of aliphatic hydroxyl groups excluding tert-OH is 1. The van der Waals surface area contributed by atoms with E-state index in [-0.39, 0.29) is 12.4 Å². The first-order valence-corrected chi connectivity index (χ1v) is 8.14. The molecule has 3 rings (SSSR count). The molecule has 3 aromatic rings. The lowest BCUT2D eigenvalue weighted by molar-refractivity contribution is 0.288. The fourth-order valence-corrected chi connectivity index (χ4v) is 2.94. The van der Waals surface area contributed by atoms with Gasteiger partial charge in [-0.1, -0.05) is 0 Å². The number of rotatable bonds is 6. The van der Waals surface area contributed by atoms with Crippen molar-refractivity contribution in [1.82, 2.24) is 0 Å². The molecule has 134 valence electrons. The van der Waals surface area contributed by atoms with Gasteiger partial charge >= 0.3 is 0 Å². The molecule has 6 heteroatoms. The van der Waals surface area contributed by atoms with Crippen LogP contribution in [0.25, 0.3) is 22.3 Å². The minimum Gasteiger partial charge on any atom is -0.504 e. The topological polar surface area (TPSA) is 95.9 Å². The maximum absolute atomic E-state index is 9.79. The van der Waals surface area contributed by atoms with Gasteiger partial charge in [-0.25, -0.2) is 0 Å². The highest BCUT2D eigenvalue weighted by Gasteiger charge is 2.20. The summed E-state index contributed by atoms with van der Waals surface area (Å²) < 4.78 is 16.5. The number of benzene rings is 2. The van der Waals surface area contributed by atoms with Crippen molar-refractivity contribution in [1.29, 1.82) is 5.26 Å². The Labute approximate surface area is 150 Å².